The number of ether oxygens (including phenoxy) is 2. The Hall–Kier alpha value is -1.91. The molecule has 4 heteroatoms. The molecule has 1 heterocycles. The van der Waals surface area contributed by atoms with E-state index in [0.717, 1.165) is 16.7 Å². The number of hydrogen-bond donors (Lipinski definition) is 1. The summed E-state index contributed by atoms with van der Waals surface area (Å²) < 4.78 is 24.6. The Balaban J connectivity index is 1.95. The quantitative estimate of drug-likeness (QED) is 0.939. The fourth-order valence-electron chi connectivity index (χ4n) is 2.80. The summed E-state index contributed by atoms with van der Waals surface area (Å²) in [5.74, 6) is 0.220. The lowest BCUT2D eigenvalue weighted by molar-refractivity contribution is 0.150. The van der Waals surface area contributed by atoms with Crippen LogP contribution < -0.4 is 10.5 Å². The van der Waals surface area contributed by atoms with E-state index in [1.165, 1.54) is 12.1 Å². The van der Waals surface area contributed by atoms with Crippen LogP contribution in [0.25, 0.3) is 0 Å². The number of hydrogen-bond acceptors (Lipinski definition) is 3. The monoisotopic (exact) mass is 287 g/mol. The van der Waals surface area contributed by atoms with Crippen molar-refractivity contribution in [3.8, 4) is 5.75 Å². The van der Waals surface area contributed by atoms with Crippen LogP contribution >= 0.6 is 0 Å². The van der Waals surface area contributed by atoms with Crippen molar-refractivity contribution in [2.24, 2.45) is 5.73 Å². The molecule has 21 heavy (non-hydrogen) atoms. The minimum Gasteiger partial charge on any atom is -0.485 e. The van der Waals surface area contributed by atoms with Crippen molar-refractivity contribution in [1.82, 2.24) is 0 Å². The van der Waals surface area contributed by atoms with E-state index in [1.807, 2.05) is 24.3 Å². The van der Waals surface area contributed by atoms with Crippen LogP contribution in [0.2, 0.25) is 0 Å². The predicted octanol–water partition coefficient (Wildman–Crippen LogP) is 3.50. The van der Waals surface area contributed by atoms with Crippen molar-refractivity contribution in [3.63, 3.8) is 0 Å². The molecule has 2 aromatic rings. The standard InChI is InChI=1S/C17H18FNO2/c1-20-10-11-4-2-3-5-13(11)17-9-15(19)14-7-6-12(18)8-16(14)21-17/h2-8,15,17H,9-10,19H2,1H3/t15-,17?/m0/s1. The molecule has 1 unspecified atom stereocenters. The van der Waals surface area contributed by atoms with Gasteiger partial charge < -0.3 is 15.2 Å². The Morgan fingerprint density at radius 3 is 2.86 bits per heavy atom. The minimum absolute atomic E-state index is 0.157. The summed E-state index contributed by atoms with van der Waals surface area (Å²) in [6.45, 7) is 0.515. The van der Waals surface area contributed by atoms with E-state index in [2.05, 4.69) is 0 Å². The lowest BCUT2D eigenvalue weighted by Crippen LogP contribution is -2.25. The van der Waals surface area contributed by atoms with Crippen molar-refractivity contribution in [3.05, 3.63) is 65.0 Å². The first-order valence-electron chi connectivity index (χ1n) is 6.97. The summed E-state index contributed by atoms with van der Waals surface area (Å²) in [5, 5.41) is 0. The topological polar surface area (TPSA) is 44.5 Å². The SMILES string of the molecule is COCc1ccccc1C1C[C@H](N)c2ccc(F)cc2O1. The van der Waals surface area contributed by atoms with Gasteiger partial charge >= 0.3 is 0 Å². The second-order valence-corrected chi connectivity index (χ2v) is 5.26. The van der Waals surface area contributed by atoms with Gasteiger partial charge in [0.15, 0.2) is 0 Å². The zero-order valence-electron chi connectivity index (χ0n) is 11.9. The number of fused-ring (bicyclic) bond motifs is 1. The molecule has 0 amide bonds. The summed E-state index contributed by atoms with van der Waals surface area (Å²) in [6, 6.07) is 12.3. The van der Waals surface area contributed by atoms with Crippen LogP contribution in [0.1, 0.15) is 35.3 Å². The van der Waals surface area contributed by atoms with Crippen LogP contribution in [-0.2, 0) is 11.3 Å². The molecule has 0 aliphatic carbocycles. The van der Waals surface area contributed by atoms with Crippen molar-refractivity contribution in [1.29, 1.82) is 0 Å². The molecule has 0 bridgehead atoms. The van der Waals surface area contributed by atoms with Gasteiger partial charge in [0.2, 0.25) is 0 Å². The summed E-state index contributed by atoms with van der Waals surface area (Å²) >= 11 is 0. The first-order valence-corrected chi connectivity index (χ1v) is 6.97. The Morgan fingerprint density at radius 1 is 1.24 bits per heavy atom. The molecular formula is C17H18FNO2. The molecule has 2 N–H and O–H groups in total. The third kappa shape index (κ3) is 2.77. The van der Waals surface area contributed by atoms with Gasteiger partial charge in [-0.1, -0.05) is 30.3 Å². The minimum atomic E-state index is -0.313. The molecule has 0 fully saturated rings. The van der Waals surface area contributed by atoms with E-state index in [9.17, 15) is 4.39 Å². The van der Waals surface area contributed by atoms with Gasteiger partial charge in [0.1, 0.15) is 17.7 Å². The van der Waals surface area contributed by atoms with E-state index in [0.29, 0.717) is 18.8 Å². The van der Waals surface area contributed by atoms with Crippen LogP contribution in [0, 0.1) is 5.82 Å². The average molecular weight is 287 g/mol. The van der Waals surface area contributed by atoms with Crippen molar-refractivity contribution in [2.45, 2.75) is 25.2 Å². The smallest absolute Gasteiger partial charge is 0.127 e. The van der Waals surface area contributed by atoms with Crippen LogP contribution in [-0.4, -0.2) is 7.11 Å². The van der Waals surface area contributed by atoms with Crippen LogP contribution in [0.5, 0.6) is 5.75 Å². The zero-order chi connectivity index (χ0) is 14.8. The number of benzene rings is 2. The molecule has 110 valence electrons. The highest BCUT2D eigenvalue weighted by Gasteiger charge is 2.28. The first-order chi connectivity index (χ1) is 10.2. The van der Waals surface area contributed by atoms with E-state index >= 15 is 0 Å². The predicted molar refractivity (Wildman–Crippen MR) is 78.5 cm³/mol. The summed E-state index contributed by atoms with van der Waals surface area (Å²) in [6.07, 6.45) is 0.486. The summed E-state index contributed by atoms with van der Waals surface area (Å²) in [7, 11) is 1.66. The van der Waals surface area contributed by atoms with Gasteiger partial charge in [-0.2, -0.15) is 0 Å². The maximum absolute atomic E-state index is 13.4. The van der Waals surface area contributed by atoms with Crippen LogP contribution in [0.4, 0.5) is 4.39 Å². The summed E-state index contributed by atoms with van der Waals surface area (Å²) in [4.78, 5) is 0. The van der Waals surface area contributed by atoms with Crippen molar-refractivity contribution in [2.75, 3.05) is 7.11 Å². The second-order valence-electron chi connectivity index (χ2n) is 5.26. The Kier molecular flexibility index (Phi) is 3.90. The fourth-order valence-corrected chi connectivity index (χ4v) is 2.80. The molecule has 0 radical (unpaired) electrons. The van der Waals surface area contributed by atoms with Gasteiger partial charge in [-0.05, 0) is 17.2 Å². The number of methoxy groups -OCH3 is 1. The molecule has 1 aliphatic heterocycles. The Morgan fingerprint density at radius 2 is 2.05 bits per heavy atom. The normalized spacial score (nSPS) is 20.7. The molecule has 2 atom stereocenters. The third-order valence-electron chi connectivity index (χ3n) is 3.81. The first kappa shape index (κ1) is 14.0. The molecule has 1 aliphatic rings. The van der Waals surface area contributed by atoms with Gasteiger partial charge in [-0.15, -0.1) is 0 Å². The third-order valence-corrected chi connectivity index (χ3v) is 3.81. The molecule has 0 aromatic heterocycles. The van der Waals surface area contributed by atoms with Gasteiger partial charge in [-0.3, -0.25) is 0 Å². The highest BCUT2D eigenvalue weighted by molar-refractivity contribution is 5.40. The van der Waals surface area contributed by atoms with E-state index in [1.54, 1.807) is 13.2 Å². The maximum atomic E-state index is 13.4. The molecule has 2 aromatic carbocycles. The lowest BCUT2D eigenvalue weighted by atomic mass is 9.91. The van der Waals surface area contributed by atoms with Crippen LogP contribution in [0.3, 0.4) is 0 Å². The molecule has 0 saturated carbocycles. The van der Waals surface area contributed by atoms with Gasteiger partial charge in [0, 0.05) is 31.2 Å². The number of halogens is 1. The Bertz CT molecular complexity index is 644. The molecule has 3 nitrogen and oxygen atoms in total. The highest BCUT2D eigenvalue weighted by Crippen LogP contribution is 2.40. The maximum Gasteiger partial charge on any atom is 0.127 e. The van der Waals surface area contributed by atoms with E-state index in [-0.39, 0.29) is 18.0 Å². The average Bonchev–Trinajstić information content (AvgIpc) is 2.47. The largest absolute Gasteiger partial charge is 0.485 e. The number of rotatable bonds is 3. The van der Waals surface area contributed by atoms with E-state index < -0.39 is 0 Å². The highest BCUT2D eigenvalue weighted by atomic mass is 19.1. The fraction of sp³-hybridized carbons (Fsp3) is 0.294. The lowest BCUT2D eigenvalue weighted by Gasteiger charge is -2.31. The second kappa shape index (κ2) is 5.84. The summed E-state index contributed by atoms with van der Waals surface area (Å²) in [5.41, 5.74) is 9.19. The number of nitrogens with two attached hydrogens (primary N) is 1. The zero-order valence-corrected chi connectivity index (χ0v) is 11.9. The molecule has 0 saturated heterocycles. The van der Waals surface area contributed by atoms with Crippen molar-refractivity contribution >= 4 is 0 Å². The molecule has 3 rings (SSSR count). The van der Waals surface area contributed by atoms with Gasteiger partial charge in [0.05, 0.1) is 6.61 Å². The Labute approximate surface area is 123 Å². The van der Waals surface area contributed by atoms with Gasteiger partial charge in [0.25, 0.3) is 0 Å². The molecule has 0 spiro atoms. The van der Waals surface area contributed by atoms with E-state index in [4.69, 9.17) is 15.2 Å². The van der Waals surface area contributed by atoms with Crippen LogP contribution in [0.15, 0.2) is 42.5 Å². The van der Waals surface area contributed by atoms with Crippen molar-refractivity contribution < 1.29 is 13.9 Å². The molecular weight excluding hydrogens is 269 g/mol. The van der Waals surface area contributed by atoms with Gasteiger partial charge in [-0.25, -0.2) is 4.39 Å².